The fourth-order valence-electron chi connectivity index (χ4n) is 1.88. The summed E-state index contributed by atoms with van der Waals surface area (Å²) in [6, 6.07) is 0.776. The van der Waals surface area contributed by atoms with Crippen molar-refractivity contribution in [2.75, 3.05) is 13.2 Å². The molecule has 0 aliphatic heterocycles. The van der Waals surface area contributed by atoms with Crippen molar-refractivity contribution < 1.29 is 5.11 Å². The van der Waals surface area contributed by atoms with Gasteiger partial charge < -0.3 is 10.4 Å². The molecular weight excluding hydrogens is 150 g/mol. The Balaban J connectivity index is 1.62. The van der Waals surface area contributed by atoms with Gasteiger partial charge in [0.05, 0.1) is 0 Å². The van der Waals surface area contributed by atoms with Crippen LogP contribution in [0, 0.1) is 11.8 Å². The minimum atomic E-state index is 0.379. The van der Waals surface area contributed by atoms with E-state index in [4.69, 9.17) is 5.11 Å². The zero-order valence-electron chi connectivity index (χ0n) is 7.63. The molecule has 0 amide bonds. The van der Waals surface area contributed by atoms with E-state index >= 15 is 0 Å². The zero-order chi connectivity index (χ0) is 8.39. The average molecular weight is 169 g/mol. The van der Waals surface area contributed by atoms with Crippen molar-refractivity contribution in [3.05, 3.63) is 0 Å². The van der Waals surface area contributed by atoms with Crippen LogP contribution in [0.2, 0.25) is 0 Å². The lowest BCUT2D eigenvalue weighted by molar-refractivity contribution is 0.194. The molecule has 2 nitrogen and oxygen atoms in total. The van der Waals surface area contributed by atoms with Crippen LogP contribution < -0.4 is 5.32 Å². The van der Waals surface area contributed by atoms with Gasteiger partial charge in [-0.2, -0.15) is 0 Å². The maximum Gasteiger partial charge on any atom is 0.0474 e. The van der Waals surface area contributed by atoms with Crippen molar-refractivity contribution in [3.8, 4) is 0 Å². The molecule has 0 bridgehead atoms. The summed E-state index contributed by atoms with van der Waals surface area (Å²) in [6.07, 6.45) is 6.78. The summed E-state index contributed by atoms with van der Waals surface area (Å²) in [5.41, 5.74) is 0. The van der Waals surface area contributed by atoms with Crippen LogP contribution in [0.3, 0.4) is 0 Å². The standard InChI is InChI=1S/C10H19NO/c12-7-9(8-4-5-8)6-11-10-2-1-3-10/h8-12H,1-7H2. The number of rotatable bonds is 5. The van der Waals surface area contributed by atoms with Crippen molar-refractivity contribution in [1.29, 1.82) is 0 Å². The Kier molecular flexibility index (Phi) is 2.66. The monoisotopic (exact) mass is 169 g/mol. The lowest BCUT2D eigenvalue weighted by Gasteiger charge is -2.28. The molecule has 0 aromatic heterocycles. The van der Waals surface area contributed by atoms with E-state index in [1.807, 2.05) is 0 Å². The Morgan fingerprint density at radius 2 is 2.00 bits per heavy atom. The largest absolute Gasteiger partial charge is 0.396 e. The van der Waals surface area contributed by atoms with Gasteiger partial charge in [-0.15, -0.1) is 0 Å². The smallest absolute Gasteiger partial charge is 0.0474 e. The molecule has 12 heavy (non-hydrogen) atoms. The highest BCUT2D eigenvalue weighted by atomic mass is 16.3. The molecule has 0 aromatic rings. The molecule has 1 unspecified atom stereocenters. The van der Waals surface area contributed by atoms with Crippen molar-refractivity contribution >= 4 is 0 Å². The molecule has 70 valence electrons. The van der Waals surface area contributed by atoms with E-state index < -0.39 is 0 Å². The van der Waals surface area contributed by atoms with Crippen LogP contribution in [-0.2, 0) is 0 Å². The van der Waals surface area contributed by atoms with E-state index in [0.717, 1.165) is 18.5 Å². The van der Waals surface area contributed by atoms with Gasteiger partial charge in [0.15, 0.2) is 0 Å². The Morgan fingerprint density at radius 1 is 1.25 bits per heavy atom. The third-order valence-electron chi connectivity index (χ3n) is 3.30. The van der Waals surface area contributed by atoms with Gasteiger partial charge in [0.2, 0.25) is 0 Å². The zero-order valence-corrected chi connectivity index (χ0v) is 7.63. The lowest BCUT2D eigenvalue weighted by atomic mass is 9.92. The minimum absolute atomic E-state index is 0.379. The number of nitrogens with one attached hydrogen (secondary N) is 1. The second-order valence-electron chi connectivity index (χ2n) is 4.32. The molecule has 0 radical (unpaired) electrons. The fourth-order valence-corrected chi connectivity index (χ4v) is 1.88. The lowest BCUT2D eigenvalue weighted by Crippen LogP contribution is -2.39. The summed E-state index contributed by atoms with van der Waals surface area (Å²) in [5, 5.41) is 12.6. The highest BCUT2D eigenvalue weighted by Crippen LogP contribution is 2.36. The second kappa shape index (κ2) is 3.75. The second-order valence-corrected chi connectivity index (χ2v) is 4.32. The van der Waals surface area contributed by atoms with Crippen LogP contribution in [0.4, 0.5) is 0 Å². The topological polar surface area (TPSA) is 32.3 Å². The van der Waals surface area contributed by atoms with Crippen LogP contribution in [0.15, 0.2) is 0 Å². The third kappa shape index (κ3) is 1.99. The van der Waals surface area contributed by atoms with Gasteiger partial charge in [-0.1, -0.05) is 6.42 Å². The van der Waals surface area contributed by atoms with Crippen LogP contribution >= 0.6 is 0 Å². The Morgan fingerprint density at radius 3 is 2.42 bits per heavy atom. The minimum Gasteiger partial charge on any atom is -0.396 e. The van der Waals surface area contributed by atoms with E-state index in [1.54, 1.807) is 0 Å². The van der Waals surface area contributed by atoms with E-state index in [0.29, 0.717) is 12.5 Å². The summed E-state index contributed by atoms with van der Waals surface area (Å²) < 4.78 is 0. The summed E-state index contributed by atoms with van der Waals surface area (Å²) in [5.74, 6) is 1.38. The van der Waals surface area contributed by atoms with E-state index in [-0.39, 0.29) is 0 Å². The van der Waals surface area contributed by atoms with Crippen molar-refractivity contribution in [2.45, 2.75) is 38.1 Å². The molecule has 2 aliphatic carbocycles. The molecule has 2 N–H and O–H groups in total. The van der Waals surface area contributed by atoms with E-state index in [9.17, 15) is 0 Å². The average Bonchev–Trinajstić information content (AvgIpc) is 2.77. The first-order valence-electron chi connectivity index (χ1n) is 5.24. The van der Waals surface area contributed by atoms with Gasteiger partial charge in [-0.05, 0) is 37.5 Å². The molecular formula is C10H19NO. The Hall–Kier alpha value is -0.0800. The van der Waals surface area contributed by atoms with Gasteiger partial charge in [-0.25, -0.2) is 0 Å². The summed E-state index contributed by atoms with van der Waals surface area (Å²) in [7, 11) is 0. The van der Waals surface area contributed by atoms with Crippen molar-refractivity contribution in [2.24, 2.45) is 11.8 Å². The van der Waals surface area contributed by atoms with Gasteiger partial charge in [0, 0.05) is 19.2 Å². The molecule has 2 saturated carbocycles. The summed E-state index contributed by atoms with van der Waals surface area (Å²) in [4.78, 5) is 0. The first-order valence-corrected chi connectivity index (χ1v) is 5.24. The predicted octanol–water partition coefficient (Wildman–Crippen LogP) is 1.15. The molecule has 2 heteroatoms. The third-order valence-corrected chi connectivity index (χ3v) is 3.30. The normalized spacial score (nSPS) is 26.8. The van der Waals surface area contributed by atoms with Gasteiger partial charge in [-0.3, -0.25) is 0 Å². The van der Waals surface area contributed by atoms with Gasteiger partial charge >= 0.3 is 0 Å². The Bertz CT molecular complexity index is 141. The summed E-state index contributed by atoms with van der Waals surface area (Å²) in [6.45, 7) is 1.43. The number of hydrogen-bond donors (Lipinski definition) is 2. The molecule has 0 heterocycles. The number of hydrogen-bond acceptors (Lipinski definition) is 2. The van der Waals surface area contributed by atoms with E-state index in [1.165, 1.54) is 32.1 Å². The van der Waals surface area contributed by atoms with Gasteiger partial charge in [0.1, 0.15) is 0 Å². The maximum atomic E-state index is 9.10. The molecule has 2 fully saturated rings. The highest BCUT2D eigenvalue weighted by Gasteiger charge is 2.31. The first-order chi connectivity index (χ1) is 5.90. The molecule has 0 saturated heterocycles. The predicted molar refractivity (Wildman–Crippen MR) is 48.9 cm³/mol. The van der Waals surface area contributed by atoms with Gasteiger partial charge in [0.25, 0.3) is 0 Å². The first kappa shape index (κ1) is 8.52. The fraction of sp³-hybridized carbons (Fsp3) is 1.00. The molecule has 2 rings (SSSR count). The summed E-state index contributed by atoms with van der Waals surface area (Å²) >= 11 is 0. The molecule has 0 spiro atoms. The van der Waals surface area contributed by atoms with Crippen molar-refractivity contribution in [3.63, 3.8) is 0 Å². The molecule has 2 aliphatic rings. The van der Waals surface area contributed by atoms with Crippen LogP contribution in [0.25, 0.3) is 0 Å². The SMILES string of the molecule is OCC(CNC1CCC1)C1CC1. The Labute approximate surface area is 74.4 Å². The molecule has 0 aromatic carbocycles. The molecule has 1 atom stereocenters. The number of aliphatic hydroxyl groups is 1. The number of aliphatic hydroxyl groups excluding tert-OH is 1. The van der Waals surface area contributed by atoms with Crippen LogP contribution in [0.1, 0.15) is 32.1 Å². The maximum absolute atomic E-state index is 9.10. The van der Waals surface area contributed by atoms with Crippen molar-refractivity contribution in [1.82, 2.24) is 5.32 Å². The highest BCUT2D eigenvalue weighted by molar-refractivity contribution is 4.84. The van der Waals surface area contributed by atoms with Crippen LogP contribution in [-0.4, -0.2) is 24.3 Å². The quantitative estimate of drug-likeness (QED) is 0.647. The van der Waals surface area contributed by atoms with E-state index in [2.05, 4.69) is 5.32 Å². The van der Waals surface area contributed by atoms with Crippen LogP contribution in [0.5, 0.6) is 0 Å².